The first kappa shape index (κ1) is 24.1. The van der Waals surface area contributed by atoms with Gasteiger partial charge < -0.3 is 9.30 Å². The summed E-state index contributed by atoms with van der Waals surface area (Å²) in [6, 6.07) is 17.2. The average Bonchev–Trinajstić information content (AvgIpc) is 3.50. The van der Waals surface area contributed by atoms with E-state index in [2.05, 4.69) is 19.6 Å². The van der Waals surface area contributed by atoms with Crippen LogP contribution in [0, 0.1) is 12.3 Å². The molecule has 2 aromatic heterocycles. The highest BCUT2D eigenvalue weighted by Crippen LogP contribution is 2.32. The summed E-state index contributed by atoms with van der Waals surface area (Å²) in [7, 11) is 0. The fraction of sp³-hybridized carbons (Fsp3) is 0.107. The Morgan fingerprint density at radius 2 is 2.03 bits per heavy atom. The Labute approximate surface area is 227 Å². The number of fused-ring (bicyclic) bond motifs is 2. The summed E-state index contributed by atoms with van der Waals surface area (Å²) in [6.45, 7) is 3.01. The van der Waals surface area contributed by atoms with Gasteiger partial charge in [0.1, 0.15) is 17.4 Å². The molecule has 0 atom stereocenters. The van der Waals surface area contributed by atoms with Crippen LogP contribution in [-0.4, -0.2) is 43.1 Å². The van der Waals surface area contributed by atoms with Crippen LogP contribution in [-0.2, 0) is 11.3 Å². The van der Waals surface area contributed by atoms with Crippen LogP contribution < -0.4 is 4.74 Å². The van der Waals surface area contributed by atoms with Gasteiger partial charge in [0, 0.05) is 45.6 Å². The number of aromatic nitrogens is 2. The minimum absolute atomic E-state index is 0.00947. The van der Waals surface area contributed by atoms with Gasteiger partial charge >= 0.3 is 0 Å². The standard InChI is InChI=1S/C28H21ClN6O2S/c1-17-13-20(29)8-9-24(17)37-12-11-34-16-19(21-6-2-3-7-23(21)34)14-22-25(30)35-28(32-26(22)36)38-27(33-35)18-5-4-10-31-15-18/h2-10,13-16,30H,11-12H2,1H3/b22-14-,30-25?. The molecule has 2 aromatic carbocycles. The minimum atomic E-state index is -0.463. The van der Waals surface area contributed by atoms with Crippen LogP contribution in [0.25, 0.3) is 17.0 Å². The lowest BCUT2D eigenvalue weighted by Gasteiger charge is -2.20. The predicted molar refractivity (Wildman–Crippen MR) is 152 cm³/mol. The monoisotopic (exact) mass is 540 g/mol. The van der Waals surface area contributed by atoms with Crippen LogP contribution in [0.15, 0.2) is 88.9 Å². The third kappa shape index (κ3) is 4.51. The maximum absolute atomic E-state index is 13.0. The van der Waals surface area contributed by atoms with Gasteiger partial charge in [-0.15, -0.1) is 0 Å². The maximum atomic E-state index is 13.0. The van der Waals surface area contributed by atoms with Crippen molar-refractivity contribution < 1.29 is 9.53 Å². The van der Waals surface area contributed by atoms with E-state index in [1.807, 2.05) is 67.7 Å². The molecule has 10 heteroatoms. The zero-order valence-electron chi connectivity index (χ0n) is 20.3. The number of hydrogen-bond donors (Lipinski definition) is 1. The Morgan fingerprint density at radius 1 is 1.16 bits per heavy atom. The van der Waals surface area contributed by atoms with Gasteiger partial charge in [0.05, 0.1) is 12.1 Å². The van der Waals surface area contributed by atoms with Gasteiger partial charge in [-0.2, -0.15) is 15.1 Å². The first-order chi connectivity index (χ1) is 18.5. The number of hydrogen-bond acceptors (Lipinski definition) is 6. The third-order valence-corrected chi connectivity index (χ3v) is 7.40. The van der Waals surface area contributed by atoms with E-state index >= 15 is 0 Å². The molecule has 1 amide bonds. The molecule has 2 aliphatic heterocycles. The fourth-order valence-corrected chi connectivity index (χ4v) is 5.47. The summed E-state index contributed by atoms with van der Waals surface area (Å²) < 4.78 is 8.09. The summed E-state index contributed by atoms with van der Waals surface area (Å²) >= 11 is 7.31. The molecule has 1 N–H and O–H groups in total. The molecule has 0 unspecified atom stereocenters. The molecule has 0 saturated heterocycles. The number of benzene rings is 2. The number of nitrogens with zero attached hydrogens (tertiary/aromatic N) is 5. The molecule has 4 aromatic rings. The molecule has 6 rings (SSSR count). The highest BCUT2D eigenvalue weighted by Gasteiger charge is 2.36. The van der Waals surface area contributed by atoms with Gasteiger partial charge in [-0.3, -0.25) is 15.2 Å². The molecule has 188 valence electrons. The summed E-state index contributed by atoms with van der Waals surface area (Å²) in [6.07, 6.45) is 7.07. The second kappa shape index (κ2) is 9.92. The lowest BCUT2D eigenvalue weighted by Crippen LogP contribution is -2.35. The zero-order chi connectivity index (χ0) is 26.2. The molecule has 2 aliphatic rings. The Kier molecular flexibility index (Phi) is 6.30. The maximum Gasteiger partial charge on any atom is 0.283 e. The van der Waals surface area contributed by atoms with Gasteiger partial charge in [-0.1, -0.05) is 29.8 Å². The number of thioether (sulfide) groups is 1. The van der Waals surface area contributed by atoms with Gasteiger partial charge in [0.15, 0.2) is 5.84 Å². The number of halogens is 1. The van der Waals surface area contributed by atoms with Crippen molar-refractivity contribution in [2.75, 3.05) is 6.61 Å². The van der Waals surface area contributed by atoms with Crippen LogP contribution >= 0.6 is 23.4 Å². The summed E-state index contributed by atoms with van der Waals surface area (Å²) in [5.41, 5.74) is 3.78. The Bertz CT molecular complexity index is 1690. The zero-order valence-corrected chi connectivity index (χ0v) is 21.8. The van der Waals surface area contributed by atoms with Crippen molar-refractivity contribution >= 4 is 62.3 Å². The number of para-hydroxylation sites is 1. The number of nitrogens with one attached hydrogen (secondary N) is 1. The first-order valence-corrected chi connectivity index (χ1v) is 13.0. The SMILES string of the molecule is Cc1cc(Cl)ccc1OCCn1cc(/C=C2/C(=N)N3N=C(c4cccnc4)SC3=NC2=O)c2ccccc21. The Balaban J connectivity index is 1.28. The average molecular weight is 541 g/mol. The van der Waals surface area contributed by atoms with E-state index in [0.717, 1.165) is 33.3 Å². The van der Waals surface area contributed by atoms with Crippen molar-refractivity contribution in [2.24, 2.45) is 10.1 Å². The van der Waals surface area contributed by atoms with Crippen LogP contribution in [0.4, 0.5) is 0 Å². The highest BCUT2D eigenvalue weighted by atomic mass is 35.5. The minimum Gasteiger partial charge on any atom is -0.491 e. The van der Waals surface area contributed by atoms with Crippen molar-refractivity contribution in [3.63, 3.8) is 0 Å². The molecule has 38 heavy (non-hydrogen) atoms. The van der Waals surface area contributed by atoms with E-state index in [4.69, 9.17) is 21.7 Å². The van der Waals surface area contributed by atoms with Crippen molar-refractivity contribution in [1.29, 1.82) is 5.41 Å². The molecular formula is C28H21ClN6O2S. The third-order valence-electron chi connectivity index (χ3n) is 6.21. The van der Waals surface area contributed by atoms with Gasteiger partial charge in [0.2, 0.25) is 5.17 Å². The Morgan fingerprint density at radius 3 is 2.84 bits per heavy atom. The molecule has 0 radical (unpaired) electrons. The predicted octanol–water partition coefficient (Wildman–Crippen LogP) is 5.74. The molecule has 0 aliphatic carbocycles. The Hall–Kier alpha value is -4.21. The van der Waals surface area contributed by atoms with Crippen LogP contribution in [0.2, 0.25) is 5.02 Å². The number of ether oxygens (including phenoxy) is 1. The summed E-state index contributed by atoms with van der Waals surface area (Å²) in [4.78, 5) is 21.3. The van der Waals surface area contributed by atoms with Gasteiger partial charge in [0.25, 0.3) is 5.91 Å². The van der Waals surface area contributed by atoms with Crippen molar-refractivity contribution in [2.45, 2.75) is 13.5 Å². The van der Waals surface area contributed by atoms with E-state index in [1.165, 1.54) is 16.8 Å². The molecule has 0 spiro atoms. The number of amides is 1. The van der Waals surface area contributed by atoms with E-state index < -0.39 is 5.91 Å². The van der Waals surface area contributed by atoms with Crippen molar-refractivity contribution in [3.05, 3.63) is 100 Å². The quantitative estimate of drug-likeness (QED) is 0.314. The van der Waals surface area contributed by atoms with Crippen LogP contribution in [0.3, 0.4) is 0 Å². The number of carbonyl (C=O) groups is 1. The normalized spacial score (nSPS) is 16.2. The second-order valence-electron chi connectivity index (χ2n) is 8.72. The molecule has 4 heterocycles. The molecule has 8 nitrogen and oxygen atoms in total. The van der Waals surface area contributed by atoms with Gasteiger partial charge in [-0.05, 0) is 66.7 Å². The van der Waals surface area contributed by atoms with E-state index in [1.54, 1.807) is 18.5 Å². The molecular weight excluding hydrogens is 520 g/mol. The summed E-state index contributed by atoms with van der Waals surface area (Å²) in [5, 5.41) is 17.3. The number of amidine groups is 2. The number of aryl methyl sites for hydroxylation is 1. The topological polar surface area (TPSA) is 95.9 Å². The smallest absolute Gasteiger partial charge is 0.283 e. The van der Waals surface area contributed by atoms with E-state index in [9.17, 15) is 4.79 Å². The van der Waals surface area contributed by atoms with Crippen LogP contribution in [0.1, 0.15) is 16.7 Å². The highest BCUT2D eigenvalue weighted by molar-refractivity contribution is 8.27. The lowest BCUT2D eigenvalue weighted by molar-refractivity contribution is -0.114. The van der Waals surface area contributed by atoms with E-state index in [0.29, 0.717) is 28.4 Å². The number of rotatable bonds is 6. The van der Waals surface area contributed by atoms with Crippen molar-refractivity contribution in [3.8, 4) is 5.75 Å². The number of carbonyl (C=O) groups excluding carboxylic acids is 1. The first-order valence-electron chi connectivity index (χ1n) is 11.9. The van der Waals surface area contributed by atoms with E-state index in [-0.39, 0.29) is 11.4 Å². The fourth-order valence-electron chi connectivity index (χ4n) is 4.36. The number of hydrazone groups is 1. The number of pyridine rings is 1. The lowest BCUT2D eigenvalue weighted by atomic mass is 10.1. The molecule has 0 saturated carbocycles. The molecule has 0 fully saturated rings. The van der Waals surface area contributed by atoms with Crippen LogP contribution in [0.5, 0.6) is 5.75 Å². The molecule has 0 bridgehead atoms. The van der Waals surface area contributed by atoms with Gasteiger partial charge in [-0.25, -0.2) is 0 Å². The second-order valence-corrected chi connectivity index (χ2v) is 10.1. The number of aliphatic imine (C=N–C) groups is 1. The van der Waals surface area contributed by atoms with Crippen molar-refractivity contribution in [1.82, 2.24) is 14.6 Å². The largest absolute Gasteiger partial charge is 0.491 e. The summed E-state index contributed by atoms with van der Waals surface area (Å²) in [5.74, 6) is 0.317.